The van der Waals surface area contributed by atoms with Crippen LogP contribution in [0.3, 0.4) is 0 Å². The van der Waals surface area contributed by atoms with Crippen LogP contribution in [0.25, 0.3) is 0 Å². The summed E-state index contributed by atoms with van der Waals surface area (Å²) in [4.78, 5) is 13.1. The Labute approximate surface area is 145 Å². The predicted molar refractivity (Wildman–Crippen MR) is 93.7 cm³/mol. The van der Waals surface area contributed by atoms with Crippen LogP contribution in [0.2, 0.25) is 0 Å². The van der Waals surface area contributed by atoms with E-state index >= 15 is 0 Å². The Kier molecular flexibility index (Phi) is 6.48. The Morgan fingerprint density at radius 1 is 1.39 bits per heavy atom. The highest BCUT2D eigenvalue weighted by molar-refractivity contribution is 5.85. The predicted octanol–water partition coefficient (Wildman–Crippen LogP) is 2.47. The van der Waals surface area contributed by atoms with E-state index in [1.807, 2.05) is 16.9 Å². The third-order valence-corrected chi connectivity index (χ3v) is 5.49. The SMILES string of the molecule is CCC1CCCC(NC(=O)C2(n3cccn3)CCNCC2)C1.Cl. The second kappa shape index (κ2) is 8.15. The first-order chi connectivity index (χ1) is 10.7. The van der Waals surface area contributed by atoms with Gasteiger partial charge in [-0.1, -0.05) is 26.2 Å². The molecule has 1 amide bonds. The van der Waals surface area contributed by atoms with E-state index in [2.05, 4.69) is 22.7 Å². The van der Waals surface area contributed by atoms with Crippen molar-refractivity contribution in [3.8, 4) is 0 Å². The molecule has 0 aromatic carbocycles. The summed E-state index contributed by atoms with van der Waals surface area (Å²) in [5.41, 5.74) is -0.506. The van der Waals surface area contributed by atoms with Gasteiger partial charge >= 0.3 is 0 Å². The number of hydrogen-bond donors (Lipinski definition) is 2. The highest BCUT2D eigenvalue weighted by Gasteiger charge is 2.42. The Morgan fingerprint density at radius 2 is 2.17 bits per heavy atom. The molecule has 130 valence electrons. The van der Waals surface area contributed by atoms with E-state index in [1.54, 1.807) is 6.20 Å². The lowest BCUT2D eigenvalue weighted by Crippen LogP contribution is -2.56. The zero-order valence-electron chi connectivity index (χ0n) is 14.0. The summed E-state index contributed by atoms with van der Waals surface area (Å²) in [7, 11) is 0. The van der Waals surface area contributed by atoms with Crippen molar-refractivity contribution in [3.05, 3.63) is 18.5 Å². The number of rotatable bonds is 4. The lowest BCUT2D eigenvalue weighted by Gasteiger charge is -2.38. The van der Waals surface area contributed by atoms with E-state index in [4.69, 9.17) is 0 Å². The molecular weight excluding hydrogens is 312 g/mol. The van der Waals surface area contributed by atoms with Gasteiger partial charge in [-0.25, -0.2) is 0 Å². The van der Waals surface area contributed by atoms with Crippen LogP contribution in [-0.2, 0) is 10.3 Å². The minimum Gasteiger partial charge on any atom is -0.351 e. The second-order valence-corrected chi connectivity index (χ2v) is 6.84. The van der Waals surface area contributed by atoms with Crippen molar-refractivity contribution in [2.45, 2.75) is 63.5 Å². The Balaban J connectivity index is 0.00000192. The smallest absolute Gasteiger partial charge is 0.248 e. The van der Waals surface area contributed by atoms with Gasteiger partial charge in [-0.2, -0.15) is 5.10 Å². The van der Waals surface area contributed by atoms with Crippen LogP contribution in [0.15, 0.2) is 18.5 Å². The molecular formula is C17H29ClN4O. The molecule has 2 N–H and O–H groups in total. The summed E-state index contributed by atoms with van der Waals surface area (Å²) >= 11 is 0. The maximum atomic E-state index is 13.1. The maximum Gasteiger partial charge on any atom is 0.248 e. The highest BCUT2D eigenvalue weighted by Crippen LogP contribution is 2.30. The third kappa shape index (κ3) is 3.89. The van der Waals surface area contributed by atoms with Crippen LogP contribution >= 0.6 is 12.4 Å². The number of nitrogens with zero attached hydrogens (tertiary/aromatic N) is 2. The molecule has 2 fully saturated rings. The van der Waals surface area contributed by atoms with Crippen LogP contribution in [-0.4, -0.2) is 34.8 Å². The molecule has 1 aromatic heterocycles. The normalized spacial score (nSPS) is 27.0. The summed E-state index contributed by atoms with van der Waals surface area (Å²) in [6.45, 7) is 4.00. The van der Waals surface area contributed by atoms with Gasteiger partial charge in [-0.05, 0) is 50.8 Å². The van der Waals surface area contributed by atoms with Gasteiger partial charge in [0, 0.05) is 18.4 Å². The first-order valence-electron chi connectivity index (χ1n) is 8.76. The number of carbonyl (C=O) groups excluding carboxylic acids is 1. The van der Waals surface area contributed by atoms with Crippen LogP contribution in [0.5, 0.6) is 0 Å². The summed E-state index contributed by atoms with van der Waals surface area (Å²) in [5.74, 6) is 0.937. The molecule has 23 heavy (non-hydrogen) atoms. The standard InChI is InChI=1S/C17H28N4O.ClH/c1-2-14-5-3-6-15(13-14)20-16(22)17(7-10-18-11-8-17)21-12-4-9-19-21;/h4,9,12,14-15,18H,2-3,5-8,10-11,13H2,1H3,(H,20,22);1H. The lowest BCUT2D eigenvalue weighted by molar-refractivity contribution is -0.133. The maximum absolute atomic E-state index is 13.1. The molecule has 2 unspecified atom stereocenters. The molecule has 6 heteroatoms. The molecule has 2 aliphatic rings. The van der Waals surface area contributed by atoms with Crippen molar-refractivity contribution in [1.82, 2.24) is 20.4 Å². The zero-order valence-corrected chi connectivity index (χ0v) is 14.8. The van der Waals surface area contributed by atoms with Gasteiger partial charge in [0.1, 0.15) is 5.54 Å². The van der Waals surface area contributed by atoms with Crippen LogP contribution < -0.4 is 10.6 Å². The number of nitrogens with one attached hydrogen (secondary N) is 2. The molecule has 0 radical (unpaired) electrons. The Hall–Kier alpha value is -1.07. The van der Waals surface area contributed by atoms with E-state index < -0.39 is 5.54 Å². The van der Waals surface area contributed by atoms with Crippen molar-refractivity contribution in [2.24, 2.45) is 5.92 Å². The lowest BCUT2D eigenvalue weighted by atomic mass is 9.82. The van der Waals surface area contributed by atoms with Gasteiger partial charge in [0.25, 0.3) is 0 Å². The molecule has 0 spiro atoms. The third-order valence-electron chi connectivity index (χ3n) is 5.49. The van der Waals surface area contributed by atoms with E-state index in [0.717, 1.165) is 44.7 Å². The summed E-state index contributed by atoms with van der Waals surface area (Å²) in [5, 5.41) is 11.1. The van der Waals surface area contributed by atoms with E-state index in [9.17, 15) is 4.79 Å². The van der Waals surface area contributed by atoms with Crippen molar-refractivity contribution < 1.29 is 4.79 Å². The molecule has 1 saturated heterocycles. The minimum atomic E-state index is -0.506. The minimum absolute atomic E-state index is 0. The van der Waals surface area contributed by atoms with Gasteiger partial charge in [-0.15, -0.1) is 12.4 Å². The van der Waals surface area contributed by atoms with Gasteiger partial charge in [0.2, 0.25) is 5.91 Å². The van der Waals surface area contributed by atoms with E-state index in [0.29, 0.717) is 6.04 Å². The van der Waals surface area contributed by atoms with Gasteiger partial charge in [0.05, 0.1) is 0 Å². The fraction of sp³-hybridized carbons (Fsp3) is 0.765. The molecule has 3 rings (SSSR count). The van der Waals surface area contributed by atoms with Crippen molar-refractivity contribution in [2.75, 3.05) is 13.1 Å². The zero-order chi connectivity index (χ0) is 15.4. The average molecular weight is 341 g/mol. The quantitative estimate of drug-likeness (QED) is 0.885. The van der Waals surface area contributed by atoms with Crippen LogP contribution in [0.1, 0.15) is 51.9 Å². The van der Waals surface area contributed by atoms with Crippen molar-refractivity contribution in [3.63, 3.8) is 0 Å². The molecule has 5 nitrogen and oxygen atoms in total. The van der Waals surface area contributed by atoms with Gasteiger partial charge in [-0.3, -0.25) is 9.48 Å². The molecule has 2 heterocycles. The van der Waals surface area contributed by atoms with E-state index in [1.165, 1.54) is 19.3 Å². The number of halogens is 1. The number of carbonyl (C=O) groups is 1. The van der Waals surface area contributed by atoms with E-state index in [-0.39, 0.29) is 18.3 Å². The molecule has 1 aliphatic heterocycles. The molecule has 1 aliphatic carbocycles. The Morgan fingerprint density at radius 3 is 2.83 bits per heavy atom. The number of aromatic nitrogens is 2. The Bertz CT molecular complexity index is 485. The van der Waals surface area contributed by atoms with Crippen LogP contribution in [0, 0.1) is 5.92 Å². The number of amides is 1. The average Bonchev–Trinajstić information content (AvgIpc) is 3.10. The topological polar surface area (TPSA) is 59.0 Å². The summed E-state index contributed by atoms with van der Waals surface area (Å²) < 4.78 is 1.88. The van der Waals surface area contributed by atoms with Gasteiger partial charge < -0.3 is 10.6 Å². The second-order valence-electron chi connectivity index (χ2n) is 6.84. The number of piperidine rings is 1. The first-order valence-corrected chi connectivity index (χ1v) is 8.76. The van der Waals surface area contributed by atoms with Crippen molar-refractivity contribution in [1.29, 1.82) is 0 Å². The van der Waals surface area contributed by atoms with Crippen molar-refractivity contribution >= 4 is 18.3 Å². The molecule has 1 saturated carbocycles. The highest BCUT2D eigenvalue weighted by atomic mass is 35.5. The van der Waals surface area contributed by atoms with Gasteiger partial charge in [0.15, 0.2) is 0 Å². The fourth-order valence-electron chi connectivity index (χ4n) is 4.04. The summed E-state index contributed by atoms with van der Waals surface area (Å²) in [6, 6.07) is 2.25. The molecule has 2 atom stereocenters. The monoisotopic (exact) mass is 340 g/mol. The molecule has 0 bridgehead atoms. The first kappa shape index (κ1) is 18.3. The number of hydrogen-bond acceptors (Lipinski definition) is 3. The van der Waals surface area contributed by atoms with Crippen LogP contribution in [0.4, 0.5) is 0 Å². The molecule has 1 aromatic rings. The summed E-state index contributed by atoms with van der Waals surface area (Å²) in [6.07, 6.45) is 11.4. The largest absolute Gasteiger partial charge is 0.351 e. The fourth-order valence-corrected chi connectivity index (χ4v) is 4.04.